The Bertz CT molecular complexity index is 798. The molecular weight excluding hydrogens is 349 g/mol. The molecule has 0 spiro atoms. The lowest BCUT2D eigenvalue weighted by atomic mass is 9.93. The van der Waals surface area contributed by atoms with Crippen LogP contribution in [0.1, 0.15) is 31.7 Å². The van der Waals surface area contributed by atoms with Gasteiger partial charge in [-0.15, -0.1) is 0 Å². The first-order chi connectivity index (χ1) is 12.6. The van der Waals surface area contributed by atoms with Crippen molar-refractivity contribution >= 4 is 25.0 Å². The lowest BCUT2D eigenvalue weighted by Gasteiger charge is -2.34. The van der Waals surface area contributed by atoms with Gasteiger partial charge in [0.25, 0.3) is 0 Å². The lowest BCUT2D eigenvalue weighted by molar-refractivity contribution is 0.340. The molecule has 1 aliphatic rings. The Morgan fingerprint density at radius 1 is 1.35 bits per heavy atom. The van der Waals surface area contributed by atoms with Crippen molar-refractivity contribution in [1.82, 2.24) is 4.98 Å². The monoisotopic (exact) mass is 373 g/mol. The third kappa shape index (κ3) is 4.24. The average Bonchev–Trinajstić information content (AvgIpc) is 2.66. The summed E-state index contributed by atoms with van der Waals surface area (Å²) in [6, 6.07) is 8.11. The molecule has 0 atom stereocenters. The number of benzene rings is 1. The van der Waals surface area contributed by atoms with Gasteiger partial charge < -0.3 is 19.4 Å². The number of hydrogen-bond donors (Lipinski definition) is 2. The van der Waals surface area contributed by atoms with E-state index in [2.05, 4.69) is 16.0 Å². The van der Waals surface area contributed by atoms with Crippen molar-refractivity contribution in [3.8, 4) is 11.8 Å². The molecule has 1 saturated heterocycles. The van der Waals surface area contributed by atoms with Crippen molar-refractivity contribution in [3.63, 3.8) is 0 Å². The van der Waals surface area contributed by atoms with Crippen molar-refractivity contribution < 1.29 is 14.5 Å². The summed E-state index contributed by atoms with van der Waals surface area (Å²) in [5, 5.41) is 10.5. The number of piperidine rings is 1. The smallest absolute Gasteiger partial charge is 0.164 e. The number of fused-ring (bicyclic) bond motifs is 1. The first-order valence-corrected chi connectivity index (χ1v) is 10.4. The molecule has 3 rings (SSSR count). The summed E-state index contributed by atoms with van der Waals surface area (Å²) in [5.74, 6) is 1.30. The van der Waals surface area contributed by atoms with E-state index in [4.69, 9.17) is 14.5 Å². The van der Waals surface area contributed by atoms with Crippen LogP contribution in [0.5, 0.6) is 5.75 Å². The molecule has 0 amide bonds. The Morgan fingerprint density at radius 3 is 2.77 bits per heavy atom. The van der Waals surface area contributed by atoms with Crippen LogP contribution in [0.25, 0.3) is 10.9 Å². The fourth-order valence-corrected chi connectivity index (χ4v) is 4.18. The molecule has 26 heavy (non-hydrogen) atoms. The maximum atomic E-state index is 9.55. The molecule has 2 heterocycles. The molecule has 0 unspecified atom stereocenters. The minimum atomic E-state index is -1.79. The zero-order valence-electron chi connectivity index (χ0n) is 14.9. The van der Waals surface area contributed by atoms with E-state index in [-0.39, 0.29) is 0 Å². The molecule has 1 aromatic carbocycles. The molecule has 1 aromatic heterocycles. The molecule has 7 heteroatoms. The van der Waals surface area contributed by atoms with E-state index in [9.17, 15) is 5.26 Å². The van der Waals surface area contributed by atoms with Crippen molar-refractivity contribution in [2.45, 2.75) is 26.2 Å². The van der Waals surface area contributed by atoms with Crippen molar-refractivity contribution in [2.75, 3.05) is 30.8 Å². The summed E-state index contributed by atoms with van der Waals surface area (Å²) < 4.78 is 5.56. The summed E-state index contributed by atoms with van der Waals surface area (Å²) >= 11 is 0. The molecule has 2 N–H and O–H groups in total. The van der Waals surface area contributed by atoms with Gasteiger partial charge in [-0.3, -0.25) is 4.98 Å². The summed E-state index contributed by atoms with van der Waals surface area (Å²) in [6.07, 6.45) is 4.97. The van der Waals surface area contributed by atoms with E-state index >= 15 is 0 Å². The number of aromatic nitrogens is 1. The zero-order valence-corrected chi connectivity index (χ0v) is 15.8. The predicted octanol–water partition coefficient (Wildman–Crippen LogP) is 3.41. The van der Waals surface area contributed by atoms with Crippen LogP contribution in [0.15, 0.2) is 24.4 Å². The van der Waals surface area contributed by atoms with Gasteiger partial charge in [-0.25, -0.2) is 0 Å². The Balaban J connectivity index is 1.84. The highest BCUT2D eigenvalue weighted by molar-refractivity contribution is 7.45. The van der Waals surface area contributed by atoms with Crippen LogP contribution in [0.2, 0.25) is 0 Å². The standard InChI is InChI=1S/C19H24N3O3P/c1-2-25-16-3-4-17-18(11-16)21-13-15(12-20)19(17)22-8-5-14(6-9-22)7-10-26(23)24/h3-4,11,13-14,23-24H,2,5-10H2,1H3. The molecule has 1 aliphatic heterocycles. The van der Waals surface area contributed by atoms with Gasteiger partial charge in [0.1, 0.15) is 11.8 Å². The molecule has 0 radical (unpaired) electrons. The van der Waals surface area contributed by atoms with E-state index in [1.807, 2.05) is 25.1 Å². The fourth-order valence-electron chi connectivity index (χ4n) is 3.58. The van der Waals surface area contributed by atoms with Crippen LogP contribution in [-0.2, 0) is 0 Å². The first kappa shape index (κ1) is 18.8. The van der Waals surface area contributed by atoms with Crippen molar-refractivity contribution in [2.24, 2.45) is 5.92 Å². The predicted molar refractivity (Wildman–Crippen MR) is 103 cm³/mol. The van der Waals surface area contributed by atoms with E-state index < -0.39 is 8.38 Å². The second-order valence-electron chi connectivity index (χ2n) is 6.56. The zero-order chi connectivity index (χ0) is 18.5. The Hall–Kier alpha value is -1.93. The van der Waals surface area contributed by atoms with E-state index in [0.717, 1.165) is 54.7 Å². The van der Waals surface area contributed by atoms with E-state index in [1.165, 1.54) is 0 Å². The second-order valence-corrected chi connectivity index (χ2v) is 7.75. The minimum absolute atomic E-state index is 0.488. The van der Waals surface area contributed by atoms with Crippen LogP contribution in [-0.4, -0.2) is 40.6 Å². The number of nitriles is 1. The molecule has 0 bridgehead atoms. The van der Waals surface area contributed by atoms with Gasteiger partial charge in [-0.2, -0.15) is 5.26 Å². The maximum Gasteiger partial charge on any atom is 0.164 e. The number of pyridine rings is 1. The Labute approximate surface area is 155 Å². The third-order valence-electron chi connectivity index (χ3n) is 4.91. The highest BCUT2D eigenvalue weighted by Crippen LogP contribution is 2.35. The second kappa shape index (κ2) is 8.64. The van der Waals surface area contributed by atoms with Crippen molar-refractivity contribution in [1.29, 1.82) is 5.26 Å². The van der Waals surface area contributed by atoms with Gasteiger partial charge in [0.2, 0.25) is 0 Å². The number of nitrogens with zero attached hydrogens (tertiary/aromatic N) is 3. The van der Waals surface area contributed by atoms with Gasteiger partial charge >= 0.3 is 0 Å². The van der Waals surface area contributed by atoms with Crippen LogP contribution < -0.4 is 9.64 Å². The molecule has 0 saturated carbocycles. The number of rotatable bonds is 6. The molecule has 0 aliphatic carbocycles. The van der Waals surface area contributed by atoms with Crippen molar-refractivity contribution in [3.05, 3.63) is 30.0 Å². The Morgan fingerprint density at radius 2 is 2.12 bits per heavy atom. The molecular formula is C19H24N3O3P. The highest BCUT2D eigenvalue weighted by Gasteiger charge is 2.23. The highest BCUT2D eigenvalue weighted by atomic mass is 31.2. The maximum absolute atomic E-state index is 9.55. The largest absolute Gasteiger partial charge is 0.494 e. The number of anilines is 1. The lowest BCUT2D eigenvalue weighted by Crippen LogP contribution is -2.34. The van der Waals surface area contributed by atoms with Crippen LogP contribution >= 0.6 is 8.38 Å². The summed E-state index contributed by atoms with van der Waals surface area (Å²) in [7, 11) is -1.79. The van der Waals surface area contributed by atoms with E-state index in [1.54, 1.807) is 6.20 Å². The average molecular weight is 373 g/mol. The third-order valence-corrected chi connectivity index (χ3v) is 5.57. The van der Waals surface area contributed by atoms with Gasteiger partial charge in [0.15, 0.2) is 8.38 Å². The molecule has 138 valence electrons. The Kier molecular flexibility index (Phi) is 6.26. The van der Waals surface area contributed by atoms with Gasteiger partial charge in [0.05, 0.1) is 23.4 Å². The number of ether oxygens (including phenoxy) is 1. The van der Waals surface area contributed by atoms with Crippen LogP contribution in [0, 0.1) is 17.2 Å². The van der Waals surface area contributed by atoms with Gasteiger partial charge in [0, 0.05) is 36.9 Å². The van der Waals surface area contributed by atoms with Crippen LogP contribution in [0.3, 0.4) is 0 Å². The minimum Gasteiger partial charge on any atom is -0.494 e. The topological polar surface area (TPSA) is 89.6 Å². The molecule has 2 aromatic rings. The summed E-state index contributed by atoms with van der Waals surface area (Å²) in [6.45, 7) is 4.27. The number of hydrogen-bond acceptors (Lipinski definition) is 6. The first-order valence-electron chi connectivity index (χ1n) is 8.98. The van der Waals surface area contributed by atoms with Gasteiger partial charge in [-0.05, 0) is 44.2 Å². The molecule has 6 nitrogen and oxygen atoms in total. The fraction of sp³-hybridized carbons (Fsp3) is 0.474. The van der Waals surface area contributed by atoms with Crippen LogP contribution in [0.4, 0.5) is 5.69 Å². The molecule has 1 fully saturated rings. The normalized spacial score (nSPS) is 15.4. The van der Waals surface area contributed by atoms with E-state index in [0.29, 0.717) is 24.3 Å². The summed E-state index contributed by atoms with van der Waals surface area (Å²) in [5.41, 5.74) is 2.37. The van der Waals surface area contributed by atoms with Gasteiger partial charge in [-0.1, -0.05) is 0 Å². The summed E-state index contributed by atoms with van der Waals surface area (Å²) in [4.78, 5) is 24.9. The SMILES string of the molecule is CCOc1ccc2c(N3CCC(CCP(O)O)CC3)c(C#N)cnc2c1. The quantitative estimate of drug-likeness (QED) is 0.755.